The summed E-state index contributed by atoms with van der Waals surface area (Å²) in [7, 11) is 1.50. The minimum absolute atomic E-state index is 0.0596. The molecular weight excluding hydrogens is 432 g/mol. The van der Waals surface area contributed by atoms with Crippen molar-refractivity contribution in [2.45, 2.75) is 6.04 Å². The molecule has 0 aromatic heterocycles. The summed E-state index contributed by atoms with van der Waals surface area (Å²) in [6, 6.07) is 13.3. The highest BCUT2D eigenvalue weighted by molar-refractivity contribution is 6.46. The van der Waals surface area contributed by atoms with E-state index >= 15 is 0 Å². The lowest BCUT2D eigenvalue weighted by molar-refractivity contribution is -0.140. The van der Waals surface area contributed by atoms with E-state index in [1.54, 1.807) is 17.0 Å². The molecule has 1 amide bonds. The first kappa shape index (κ1) is 22.3. The Labute approximate surface area is 191 Å². The van der Waals surface area contributed by atoms with Gasteiger partial charge >= 0.3 is 0 Å². The van der Waals surface area contributed by atoms with Crippen molar-refractivity contribution in [3.8, 4) is 5.75 Å². The average Bonchev–Trinajstić information content (AvgIpc) is 3.08. The molecule has 1 atom stereocenters. The molecule has 168 valence electrons. The fraction of sp³-hybridized carbons (Fsp3) is 0.333. The Hall–Kier alpha value is -2.87. The number of carbonyl (C=O) groups excluding carboxylic acids is 2. The third-order valence-corrected chi connectivity index (χ3v) is 6.14. The van der Waals surface area contributed by atoms with E-state index in [-0.39, 0.29) is 11.3 Å². The zero-order chi connectivity index (χ0) is 22.7. The van der Waals surface area contributed by atoms with Crippen LogP contribution in [0.5, 0.6) is 5.75 Å². The predicted molar refractivity (Wildman–Crippen MR) is 121 cm³/mol. The van der Waals surface area contributed by atoms with Gasteiger partial charge in [-0.25, -0.2) is 0 Å². The van der Waals surface area contributed by atoms with Gasteiger partial charge in [-0.3, -0.25) is 14.5 Å². The van der Waals surface area contributed by atoms with Gasteiger partial charge in [0, 0.05) is 31.7 Å². The van der Waals surface area contributed by atoms with Gasteiger partial charge in [0.2, 0.25) is 0 Å². The number of halogens is 1. The second-order valence-corrected chi connectivity index (χ2v) is 8.11. The van der Waals surface area contributed by atoms with E-state index in [1.165, 1.54) is 13.2 Å². The summed E-state index contributed by atoms with van der Waals surface area (Å²) < 4.78 is 10.6. The van der Waals surface area contributed by atoms with Crippen molar-refractivity contribution in [3.63, 3.8) is 0 Å². The molecule has 0 spiro atoms. The smallest absolute Gasteiger partial charge is 0.295 e. The molecule has 0 radical (unpaired) electrons. The largest absolute Gasteiger partial charge is 0.507 e. The van der Waals surface area contributed by atoms with Crippen LogP contribution in [-0.4, -0.2) is 73.1 Å². The molecule has 32 heavy (non-hydrogen) atoms. The molecule has 2 aliphatic heterocycles. The number of benzene rings is 2. The quantitative estimate of drug-likeness (QED) is 0.409. The highest BCUT2D eigenvalue weighted by Crippen LogP contribution is 2.40. The van der Waals surface area contributed by atoms with Crippen LogP contribution in [0.3, 0.4) is 0 Å². The monoisotopic (exact) mass is 456 g/mol. The number of morpholine rings is 1. The SMILES string of the molecule is COc1ccc(/C(O)=C2/C(=O)C(=O)N(CCN3CCOCC3)C2c2ccccc2)cc1Cl. The van der Waals surface area contributed by atoms with Gasteiger partial charge in [-0.15, -0.1) is 0 Å². The third kappa shape index (κ3) is 4.37. The summed E-state index contributed by atoms with van der Waals surface area (Å²) in [5.74, 6) is -1.12. The number of aliphatic hydroxyl groups excluding tert-OH is 1. The molecule has 2 fully saturated rings. The first-order chi connectivity index (χ1) is 15.5. The minimum atomic E-state index is -0.703. The number of nitrogens with zero attached hydrogens (tertiary/aromatic N) is 2. The number of ether oxygens (including phenoxy) is 2. The van der Waals surface area contributed by atoms with Gasteiger partial charge in [0.25, 0.3) is 11.7 Å². The van der Waals surface area contributed by atoms with Crippen molar-refractivity contribution in [1.29, 1.82) is 0 Å². The lowest BCUT2D eigenvalue weighted by Gasteiger charge is -2.31. The number of carbonyl (C=O) groups is 2. The van der Waals surface area contributed by atoms with Gasteiger partial charge in [-0.1, -0.05) is 41.9 Å². The van der Waals surface area contributed by atoms with Crippen LogP contribution in [0.4, 0.5) is 0 Å². The summed E-state index contributed by atoms with van der Waals surface area (Å²) >= 11 is 6.23. The highest BCUT2D eigenvalue weighted by atomic mass is 35.5. The summed E-state index contributed by atoms with van der Waals surface area (Å²) in [4.78, 5) is 29.8. The molecule has 2 aliphatic rings. The van der Waals surface area contributed by atoms with Gasteiger partial charge < -0.3 is 19.5 Å². The van der Waals surface area contributed by atoms with Crippen molar-refractivity contribution < 1.29 is 24.2 Å². The van der Waals surface area contributed by atoms with Crippen LogP contribution >= 0.6 is 11.6 Å². The number of ketones is 1. The maximum Gasteiger partial charge on any atom is 0.295 e. The number of amides is 1. The van der Waals surface area contributed by atoms with E-state index in [4.69, 9.17) is 21.1 Å². The Morgan fingerprint density at radius 1 is 1.12 bits per heavy atom. The van der Waals surface area contributed by atoms with E-state index in [1.807, 2.05) is 30.3 Å². The lowest BCUT2D eigenvalue weighted by Crippen LogP contribution is -2.42. The van der Waals surface area contributed by atoms with E-state index in [0.29, 0.717) is 42.6 Å². The van der Waals surface area contributed by atoms with Gasteiger partial charge in [0.05, 0.1) is 37.0 Å². The Kier molecular flexibility index (Phi) is 6.79. The van der Waals surface area contributed by atoms with E-state index in [9.17, 15) is 14.7 Å². The van der Waals surface area contributed by atoms with E-state index in [2.05, 4.69) is 4.90 Å². The predicted octanol–water partition coefficient (Wildman–Crippen LogP) is 3.10. The fourth-order valence-corrected chi connectivity index (χ4v) is 4.39. The van der Waals surface area contributed by atoms with E-state index in [0.717, 1.165) is 18.7 Å². The Morgan fingerprint density at radius 3 is 2.50 bits per heavy atom. The van der Waals surface area contributed by atoms with Crippen LogP contribution in [-0.2, 0) is 14.3 Å². The van der Waals surface area contributed by atoms with Gasteiger partial charge in [-0.05, 0) is 23.8 Å². The Balaban J connectivity index is 1.72. The molecule has 1 N–H and O–H groups in total. The number of Topliss-reactive ketones (excluding diaryl/α,β-unsaturated/α-hetero) is 1. The first-order valence-electron chi connectivity index (χ1n) is 10.5. The molecule has 7 nitrogen and oxygen atoms in total. The van der Waals surface area contributed by atoms with E-state index < -0.39 is 17.7 Å². The number of aliphatic hydroxyl groups is 1. The molecular formula is C24H25ClN2O5. The maximum absolute atomic E-state index is 13.1. The molecule has 8 heteroatoms. The molecule has 0 aliphatic carbocycles. The number of hydrogen-bond donors (Lipinski definition) is 1. The number of likely N-dealkylation sites (tertiary alicyclic amines) is 1. The second-order valence-electron chi connectivity index (χ2n) is 7.71. The van der Waals surface area contributed by atoms with Crippen LogP contribution in [0.25, 0.3) is 5.76 Å². The van der Waals surface area contributed by atoms with Crippen LogP contribution in [0.15, 0.2) is 54.1 Å². The van der Waals surface area contributed by atoms with Gasteiger partial charge in [0.1, 0.15) is 11.5 Å². The molecule has 4 rings (SSSR count). The molecule has 2 aromatic rings. The van der Waals surface area contributed by atoms with Crippen LogP contribution in [0.2, 0.25) is 5.02 Å². The Morgan fingerprint density at radius 2 is 1.84 bits per heavy atom. The molecule has 2 aromatic carbocycles. The maximum atomic E-state index is 13.1. The molecule has 0 bridgehead atoms. The van der Waals surface area contributed by atoms with Crippen molar-refractivity contribution in [2.75, 3.05) is 46.5 Å². The second kappa shape index (κ2) is 9.73. The standard InChI is InChI=1S/C24H25ClN2O5/c1-31-19-8-7-17(15-18(19)25)22(28)20-21(16-5-3-2-4-6-16)27(24(30)23(20)29)10-9-26-11-13-32-14-12-26/h2-8,15,21,28H,9-14H2,1H3/b22-20-. The number of rotatable bonds is 6. The third-order valence-electron chi connectivity index (χ3n) is 5.84. The van der Waals surface area contributed by atoms with Crippen LogP contribution < -0.4 is 4.74 Å². The van der Waals surface area contributed by atoms with Crippen molar-refractivity contribution in [3.05, 3.63) is 70.3 Å². The zero-order valence-corrected chi connectivity index (χ0v) is 18.5. The first-order valence-corrected chi connectivity index (χ1v) is 10.9. The topological polar surface area (TPSA) is 79.3 Å². The molecule has 1 unspecified atom stereocenters. The normalized spacial score (nSPS) is 21.2. The fourth-order valence-electron chi connectivity index (χ4n) is 4.14. The summed E-state index contributed by atoms with van der Waals surface area (Å²) in [5, 5.41) is 11.4. The van der Waals surface area contributed by atoms with Crippen LogP contribution in [0, 0.1) is 0 Å². The number of methoxy groups -OCH3 is 1. The molecule has 2 heterocycles. The van der Waals surface area contributed by atoms with Crippen molar-refractivity contribution >= 4 is 29.1 Å². The number of hydrogen-bond acceptors (Lipinski definition) is 6. The van der Waals surface area contributed by atoms with Gasteiger partial charge in [-0.2, -0.15) is 0 Å². The van der Waals surface area contributed by atoms with Crippen LogP contribution in [0.1, 0.15) is 17.2 Å². The average molecular weight is 457 g/mol. The molecule has 2 saturated heterocycles. The van der Waals surface area contributed by atoms with Crippen molar-refractivity contribution in [2.24, 2.45) is 0 Å². The molecule has 0 saturated carbocycles. The summed E-state index contributed by atoms with van der Waals surface area (Å²) in [6.07, 6.45) is 0. The summed E-state index contributed by atoms with van der Waals surface area (Å²) in [6.45, 7) is 3.85. The highest BCUT2D eigenvalue weighted by Gasteiger charge is 2.46. The van der Waals surface area contributed by atoms with Gasteiger partial charge in [0.15, 0.2) is 0 Å². The van der Waals surface area contributed by atoms with Crippen molar-refractivity contribution in [1.82, 2.24) is 9.80 Å². The minimum Gasteiger partial charge on any atom is -0.507 e. The zero-order valence-electron chi connectivity index (χ0n) is 17.8. The Bertz CT molecular complexity index is 1030. The summed E-state index contributed by atoms with van der Waals surface area (Å²) in [5.41, 5.74) is 1.17. The lowest BCUT2D eigenvalue weighted by atomic mass is 9.95.